The van der Waals surface area contributed by atoms with E-state index in [0.717, 1.165) is 17.3 Å². The smallest absolute Gasteiger partial charge is 0.235 e. The summed E-state index contributed by atoms with van der Waals surface area (Å²) in [4.78, 5) is 22.7. The summed E-state index contributed by atoms with van der Waals surface area (Å²) in [6, 6.07) is 11.4. The van der Waals surface area contributed by atoms with E-state index < -0.39 is 16.8 Å². The number of benzene rings is 1. The van der Waals surface area contributed by atoms with E-state index in [-0.39, 0.29) is 0 Å². The van der Waals surface area contributed by atoms with Crippen molar-refractivity contribution in [2.75, 3.05) is 18.0 Å². The van der Waals surface area contributed by atoms with Crippen LogP contribution in [0, 0.1) is 17.9 Å². The zero-order valence-corrected chi connectivity index (χ0v) is 19.2. The molecule has 3 rings (SSSR count). The molecule has 1 unspecified atom stereocenters. The lowest BCUT2D eigenvalue weighted by Crippen LogP contribution is -2.44. The third-order valence-electron chi connectivity index (χ3n) is 6.04. The number of aromatic nitrogens is 1. The number of nitriles is 1. The monoisotopic (exact) mass is 449 g/mol. The van der Waals surface area contributed by atoms with Gasteiger partial charge in [-0.05, 0) is 36.8 Å². The summed E-state index contributed by atoms with van der Waals surface area (Å²) >= 11 is 1.15. The summed E-state index contributed by atoms with van der Waals surface area (Å²) in [7, 11) is 0. The highest BCUT2D eigenvalue weighted by Crippen LogP contribution is 2.43. The predicted molar refractivity (Wildman–Crippen MR) is 126 cm³/mol. The molecule has 1 amide bonds. The zero-order chi connectivity index (χ0) is 23.3. The first-order valence-electron chi connectivity index (χ1n) is 10.7. The van der Waals surface area contributed by atoms with Crippen LogP contribution >= 0.6 is 11.8 Å². The van der Waals surface area contributed by atoms with E-state index in [1.165, 1.54) is 0 Å². The van der Waals surface area contributed by atoms with E-state index in [9.17, 15) is 15.2 Å². The van der Waals surface area contributed by atoms with Crippen LogP contribution in [-0.4, -0.2) is 34.7 Å². The Morgan fingerprint density at radius 3 is 2.53 bits per heavy atom. The van der Waals surface area contributed by atoms with Gasteiger partial charge in [0.05, 0.1) is 17.7 Å². The number of piperidine rings is 1. The van der Waals surface area contributed by atoms with Crippen LogP contribution in [0.4, 0.5) is 11.5 Å². The second-order valence-electron chi connectivity index (χ2n) is 7.90. The molecule has 1 aromatic heterocycles. The minimum atomic E-state index is -0.710. The lowest BCUT2D eigenvalue weighted by Gasteiger charge is -2.39. The molecule has 166 valence electrons. The molecule has 1 aromatic carbocycles. The minimum absolute atomic E-state index is 0.316. The SMILES string of the molecule is [C-]#[N+]c1c(N2CCC(O)(CC)CC2)nc(SC(C(N)=O)c2ccccc2)c(C#N)c1CC. The number of carbonyl (C=O) groups is 1. The maximum Gasteiger partial charge on any atom is 0.235 e. The summed E-state index contributed by atoms with van der Waals surface area (Å²) in [5.74, 6) is -0.0143. The number of pyridine rings is 1. The molecule has 0 aliphatic carbocycles. The normalized spacial score (nSPS) is 16.1. The number of nitrogens with zero attached hydrogens (tertiary/aromatic N) is 4. The van der Waals surface area contributed by atoms with Crippen molar-refractivity contribution in [3.8, 4) is 6.07 Å². The molecular weight excluding hydrogens is 422 g/mol. The largest absolute Gasteiger partial charge is 0.390 e. The van der Waals surface area contributed by atoms with Crippen molar-refractivity contribution in [2.24, 2.45) is 5.73 Å². The molecule has 32 heavy (non-hydrogen) atoms. The summed E-state index contributed by atoms with van der Waals surface area (Å²) in [6.07, 6.45) is 2.33. The lowest BCUT2D eigenvalue weighted by molar-refractivity contribution is -0.117. The number of primary amides is 1. The Balaban J connectivity index is 2.08. The Morgan fingerprint density at radius 1 is 1.38 bits per heavy atom. The fourth-order valence-electron chi connectivity index (χ4n) is 3.99. The fourth-order valence-corrected chi connectivity index (χ4v) is 5.05. The Bertz CT molecular complexity index is 1070. The van der Waals surface area contributed by atoms with Crippen molar-refractivity contribution in [1.29, 1.82) is 5.26 Å². The van der Waals surface area contributed by atoms with Gasteiger partial charge in [0.1, 0.15) is 22.2 Å². The molecule has 2 heterocycles. The average Bonchev–Trinajstić information content (AvgIpc) is 2.82. The maximum atomic E-state index is 12.3. The molecule has 2 aromatic rings. The number of thioether (sulfide) groups is 1. The van der Waals surface area contributed by atoms with Gasteiger partial charge >= 0.3 is 0 Å². The molecule has 0 spiro atoms. The van der Waals surface area contributed by atoms with E-state index in [2.05, 4.69) is 10.9 Å². The van der Waals surface area contributed by atoms with Crippen molar-refractivity contribution >= 4 is 29.2 Å². The molecule has 7 nitrogen and oxygen atoms in total. The third kappa shape index (κ3) is 4.72. The Morgan fingerprint density at radius 2 is 2.03 bits per heavy atom. The summed E-state index contributed by atoms with van der Waals surface area (Å²) in [5.41, 5.74) is 7.05. The first-order valence-corrected chi connectivity index (χ1v) is 11.6. The average molecular weight is 450 g/mol. The van der Waals surface area contributed by atoms with Crippen LogP contribution in [0.15, 0.2) is 35.4 Å². The molecule has 1 saturated heterocycles. The van der Waals surface area contributed by atoms with Crippen molar-refractivity contribution in [3.63, 3.8) is 0 Å². The van der Waals surface area contributed by atoms with Crippen molar-refractivity contribution in [1.82, 2.24) is 4.98 Å². The molecule has 8 heteroatoms. The second-order valence-corrected chi connectivity index (χ2v) is 8.99. The van der Waals surface area contributed by atoms with Crippen LogP contribution in [-0.2, 0) is 11.2 Å². The number of carbonyl (C=O) groups excluding carboxylic acids is 1. The summed E-state index contributed by atoms with van der Waals surface area (Å²) in [5, 5.41) is 20.2. The van der Waals surface area contributed by atoms with E-state index in [1.807, 2.05) is 49.1 Å². The van der Waals surface area contributed by atoms with Crippen molar-refractivity contribution in [2.45, 2.75) is 55.4 Å². The molecule has 1 fully saturated rings. The summed E-state index contributed by atoms with van der Waals surface area (Å²) < 4.78 is 0. The van der Waals surface area contributed by atoms with Gasteiger partial charge < -0.3 is 15.7 Å². The van der Waals surface area contributed by atoms with Gasteiger partial charge in [0.2, 0.25) is 11.6 Å². The number of rotatable bonds is 7. The van der Waals surface area contributed by atoms with E-state index in [0.29, 0.717) is 66.4 Å². The predicted octanol–water partition coefficient (Wildman–Crippen LogP) is 4.13. The van der Waals surface area contributed by atoms with Crippen LogP contribution in [0.2, 0.25) is 0 Å². The van der Waals surface area contributed by atoms with Gasteiger partial charge in [-0.1, -0.05) is 55.9 Å². The Labute approximate surface area is 193 Å². The first-order chi connectivity index (χ1) is 15.4. The summed E-state index contributed by atoms with van der Waals surface area (Å²) in [6.45, 7) is 12.8. The highest BCUT2D eigenvalue weighted by atomic mass is 32.2. The lowest BCUT2D eigenvalue weighted by atomic mass is 9.89. The highest BCUT2D eigenvalue weighted by Gasteiger charge is 2.33. The van der Waals surface area contributed by atoms with Crippen LogP contribution in [0.1, 0.15) is 55.1 Å². The number of hydrogen-bond donors (Lipinski definition) is 2. The van der Waals surface area contributed by atoms with Gasteiger partial charge in [-0.2, -0.15) is 5.26 Å². The molecular formula is C24H27N5O2S. The molecule has 0 bridgehead atoms. The number of aliphatic hydroxyl groups is 1. The fraction of sp³-hybridized carbons (Fsp3) is 0.417. The van der Waals surface area contributed by atoms with Crippen LogP contribution in [0.5, 0.6) is 0 Å². The third-order valence-corrected chi connectivity index (χ3v) is 7.30. The standard InChI is InChI=1S/C24H27N5O2S/c1-4-17-18(15-25)23(32-20(21(26)30)16-9-7-6-8-10-16)28-22(19(17)27-3)29-13-11-24(31,5-2)12-14-29/h6-10,20,31H,4-5,11-14H2,1-2H3,(H2,26,30). The number of amides is 1. The Kier molecular flexibility index (Phi) is 7.40. The van der Waals surface area contributed by atoms with Gasteiger partial charge in [-0.15, -0.1) is 0 Å². The maximum absolute atomic E-state index is 12.3. The second kappa shape index (κ2) is 10.0. The van der Waals surface area contributed by atoms with E-state index >= 15 is 0 Å². The van der Waals surface area contributed by atoms with E-state index in [4.69, 9.17) is 17.3 Å². The van der Waals surface area contributed by atoms with Gasteiger partial charge in [0, 0.05) is 13.1 Å². The van der Waals surface area contributed by atoms with Crippen LogP contribution in [0.3, 0.4) is 0 Å². The molecule has 1 atom stereocenters. The van der Waals surface area contributed by atoms with Crippen molar-refractivity contribution < 1.29 is 9.90 Å². The number of anilines is 1. The van der Waals surface area contributed by atoms with Crippen LogP contribution in [0.25, 0.3) is 4.85 Å². The van der Waals surface area contributed by atoms with Crippen molar-refractivity contribution in [3.05, 3.63) is 58.4 Å². The highest BCUT2D eigenvalue weighted by molar-refractivity contribution is 8.00. The number of nitrogens with two attached hydrogens (primary N) is 1. The van der Waals surface area contributed by atoms with Gasteiger partial charge in [0.25, 0.3) is 0 Å². The molecule has 1 aliphatic heterocycles. The Hall–Kier alpha value is -3.07. The quantitative estimate of drug-likeness (QED) is 0.486. The van der Waals surface area contributed by atoms with Crippen LogP contribution < -0.4 is 10.6 Å². The van der Waals surface area contributed by atoms with Gasteiger partial charge in [-0.3, -0.25) is 4.79 Å². The van der Waals surface area contributed by atoms with Gasteiger partial charge in [0.15, 0.2) is 0 Å². The first kappa shape index (κ1) is 23.6. The molecule has 3 N–H and O–H groups in total. The molecule has 0 saturated carbocycles. The topological polar surface area (TPSA) is 108 Å². The van der Waals surface area contributed by atoms with E-state index in [1.54, 1.807) is 0 Å². The zero-order valence-electron chi connectivity index (χ0n) is 18.3. The van der Waals surface area contributed by atoms with Gasteiger partial charge in [-0.25, -0.2) is 9.83 Å². The molecule has 0 radical (unpaired) electrons. The molecule has 1 aliphatic rings. The number of hydrogen-bond acceptors (Lipinski definition) is 6. The minimum Gasteiger partial charge on any atom is -0.390 e.